The summed E-state index contributed by atoms with van der Waals surface area (Å²) in [7, 11) is 0. The van der Waals surface area contributed by atoms with Crippen LogP contribution >= 0.6 is 11.3 Å². The molecule has 0 atom stereocenters. The highest BCUT2D eigenvalue weighted by molar-refractivity contribution is 7.11. The van der Waals surface area contributed by atoms with Gasteiger partial charge in [-0.25, -0.2) is 18.1 Å². The number of imide groups is 1. The summed E-state index contributed by atoms with van der Waals surface area (Å²) in [6, 6.07) is 11.1. The first-order valence-corrected chi connectivity index (χ1v) is 8.98. The SMILES string of the molecule is O=C1C(Nc2ccc(F)cc2)=C(c2cccs2)C(=O)N1c1cc(F)ccc1F. The fourth-order valence-electron chi connectivity index (χ4n) is 2.85. The predicted octanol–water partition coefficient (Wildman–Crippen LogP) is 4.56. The topological polar surface area (TPSA) is 49.4 Å². The van der Waals surface area contributed by atoms with Crippen LogP contribution in [0.3, 0.4) is 0 Å². The third-order valence-corrected chi connectivity index (χ3v) is 5.00. The van der Waals surface area contributed by atoms with Gasteiger partial charge in [0.15, 0.2) is 0 Å². The van der Waals surface area contributed by atoms with Crippen molar-refractivity contribution in [1.29, 1.82) is 0 Å². The summed E-state index contributed by atoms with van der Waals surface area (Å²) < 4.78 is 41.0. The van der Waals surface area contributed by atoms with E-state index in [1.165, 1.54) is 35.6 Å². The molecule has 0 spiro atoms. The Bertz CT molecular complexity index is 1110. The number of carbonyl (C=O) groups is 2. The predicted molar refractivity (Wildman–Crippen MR) is 100 cm³/mol. The lowest BCUT2D eigenvalue weighted by Crippen LogP contribution is -2.33. The van der Waals surface area contributed by atoms with Crippen molar-refractivity contribution in [3.05, 3.63) is 88.0 Å². The molecule has 4 rings (SSSR count). The summed E-state index contributed by atoms with van der Waals surface area (Å²) >= 11 is 1.22. The van der Waals surface area contributed by atoms with Crippen molar-refractivity contribution in [2.45, 2.75) is 0 Å². The first-order chi connectivity index (χ1) is 13.5. The summed E-state index contributed by atoms with van der Waals surface area (Å²) in [4.78, 5) is 27.1. The molecule has 2 aromatic carbocycles. The number of amides is 2. The van der Waals surface area contributed by atoms with Gasteiger partial charge in [-0.15, -0.1) is 11.3 Å². The van der Waals surface area contributed by atoms with Gasteiger partial charge in [0.05, 0.1) is 11.3 Å². The molecular formula is C20H11F3N2O2S. The Kier molecular flexibility index (Phi) is 4.48. The molecule has 0 bridgehead atoms. The maximum absolute atomic E-state index is 14.2. The first-order valence-electron chi connectivity index (χ1n) is 8.10. The molecule has 0 aliphatic carbocycles. The van der Waals surface area contributed by atoms with Crippen LogP contribution in [0.1, 0.15) is 4.88 Å². The van der Waals surface area contributed by atoms with Gasteiger partial charge in [-0.05, 0) is 47.8 Å². The van der Waals surface area contributed by atoms with Crippen molar-refractivity contribution in [2.75, 3.05) is 10.2 Å². The number of carbonyl (C=O) groups excluding carboxylic acids is 2. The van der Waals surface area contributed by atoms with Crippen LogP contribution in [0.4, 0.5) is 24.5 Å². The Morgan fingerprint density at radius 2 is 1.57 bits per heavy atom. The molecule has 4 nitrogen and oxygen atoms in total. The van der Waals surface area contributed by atoms with E-state index in [0.29, 0.717) is 15.5 Å². The molecule has 1 aromatic heterocycles. The minimum Gasteiger partial charge on any atom is -0.350 e. The molecule has 0 fully saturated rings. The summed E-state index contributed by atoms with van der Waals surface area (Å²) in [5.41, 5.74) is -0.163. The second kappa shape index (κ2) is 6.97. The molecule has 3 aromatic rings. The van der Waals surface area contributed by atoms with E-state index in [1.807, 2.05) is 0 Å². The number of thiophene rings is 1. The van der Waals surface area contributed by atoms with Crippen molar-refractivity contribution < 1.29 is 22.8 Å². The molecule has 2 amide bonds. The van der Waals surface area contributed by atoms with Crippen molar-refractivity contribution in [1.82, 2.24) is 0 Å². The van der Waals surface area contributed by atoms with Gasteiger partial charge in [0.1, 0.15) is 23.1 Å². The maximum Gasteiger partial charge on any atom is 0.282 e. The number of hydrogen-bond donors (Lipinski definition) is 1. The lowest BCUT2D eigenvalue weighted by atomic mass is 10.2. The van der Waals surface area contributed by atoms with E-state index in [-0.39, 0.29) is 11.3 Å². The fraction of sp³-hybridized carbons (Fsp3) is 0. The molecule has 1 aliphatic rings. The van der Waals surface area contributed by atoms with Gasteiger partial charge in [-0.1, -0.05) is 6.07 Å². The van der Waals surface area contributed by atoms with Crippen molar-refractivity contribution in [3.8, 4) is 0 Å². The third-order valence-electron chi connectivity index (χ3n) is 4.11. The monoisotopic (exact) mass is 400 g/mol. The number of benzene rings is 2. The van der Waals surface area contributed by atoms with E-state index >= 15 is 0 Å². The number of nitrogens with zero attached hydrogens (tertiary/aromatic N) is 1. The normalized spacial score (nSPS) is 14.2. The highest BCUT2D eigenvalue weighted by Crippen LogP contribution is 2.36. The number of hydrogen-bond acceptors (Lipinski definition) is 4. The summed E-state index contributed by atoms with van der Waals surface area (Å²) in [5.74, 6) is -3.76. The van der Waals surface area contributed by atoms with E-state index < -0.39 is 35.0 Å². The van der Waals surface area contributed by atoms with Crippen molar-refractivity contribution in [2.24, 2.45) is 0 Å². The molecular weight excluding hydrogens is 389 g/mol. The van der Waals surface area contributed by atoms with E-state index in [4.69, 9.17) is 0 Å². The summed E-state index contributed by atoms with van der Waals surface area (Å²) in [6.07, 6.45) is 0. The Morgan fingerprint density at radius 3 is 2.25 bits per heavy atom. The van der Waals surface area contributed by atoms with Crippen LogP contribution in [-0.2, 0) is 9.59 Å². The van der Waals surface area contributed by atoms with E-state index in [0.717, 1.165) is 18.2 Å². The van der Waals surface area contributed by atoms with Crippen molar-refractivity contribution >= 4 is 40.1 Å². The average molecular weight is 400 g/mol. The zero-order valence-electron chi connectivity index (χ0n) is 14.1. The van der Waals surface area contributed by atoms with E-state index in [9.17, 15) is 22.8 Å². The van der Waals surface area contributed by atoms with Crippen LogP contribution in [0.25, 0.3) is 5.57 Å². The molecule has 1 N–H and O–H groups in total. The van der Waals surface area contributed by atoms with E-state index in [1.54, 1.807) is 17.5 Å². The maximum atomic E-state index is 14.2. The molecule has 2 heterocycles. The van der Waals surface area contributed by atoms with E-state index in [2.05, 4.69) is 5.32 Å². The zero-order chi connectivity index (χ0) is 19.8. The van der Waals surface area contributed by atoms with Gasteiger partial charge in [-0.2, -0.15) is 0 Å². The molecule has 0 radical (unpaired) electrons. The lowest BCUT2D eigenvalue weighted by Gasteiger charge is -2.16. The molecule has 0 saturated carbocycles. The second-order valence-corrected chi connectivity index (χ2v) is 6.85. The standard InChI is InChI=1S/C20H11F3N2O2S/c21-11-3-6-13(7-4-11)24-18-17(16-2-1-9-28-16)19(26)25(20(18)27)15-10-12(22)5-8-14(15)23/h1-10,24H. The van der Waals surface area contributed by atoms with Crippen LogP contribution in [0.5, 0.6) is 0 Å². The number of rotatable bonds is 4. The Balaban J connectivity index is 1.82. The van der Waals surface area contributed by atoms with Crippen LogP contribution in [0.2, 0.25) is 0 Å². The summed E-state index contributed by atoms with van der Waals surface area (Å²) in [5, 5.41) is 4.54. The van der Waals surface area contributed by atoms with Crippen molar-refractivity contribution in [3.63, 3.8) is 0 Å². The van der Waals surface area contributed by atoms with Gasteiger partial charge in [0, 0.05) is 16.6 Å². The third kappa shape index (κ3) is 3.07. The molecule has 1 aliphatic heterocycles. The largest absolute Gasteiger partial charge is 0.350 e. The van der Waals surface area contributed by atoms with Crippen LogP contribution in [0.15, 0.2) is 65.7 Å². The highest BCUT2D eigenvalue weighted by Gasteiger charge is 2.41. The van der Waals surface area contributed by atoms with Gasteiger partial charge in [-0.3, -0.25) is 9.59 Å². The Morgan fingerprint density at radius 1 is 0.857 bits per heavy atom. The molecule has 0 unspecified atom stereocenters. The van der Waals surface area contributed by atoms with Gasteiger partial charge in [0.2, 0.25) is 0 Å². The minimum atomic E-state index is -0.906. The molecule has 140 valence electrons. The van der Waals surface area contributed by atoms with Crippen LogP contribution < -0.4 is 10.2 Å². The molecule has 0 saturated heterocycles. The first kappa shape index (κ1) is 18.0. The fourth-order valence-corrected chi connectivity index (χ4v) is 3.62. The second-order valence-electron chi connectivity index (χ2n) is 5.90. The average Bonchev–Trinajstić information content (AvgIpc) is 3.27. The quantitative estimate of drug-likeness (QED) is 0.653. The Hall–Kier alpha value is -3.39. The lowest BCUT2D eigenvalue weighted by molar-refractivity contribution is -0.120. The Labute approximate surface area is 161 Å². The number of halogens is 3. The van der Waals surface area contributed by atoms with Gasteiger partial charge in [0.25, 0.3) is 11.8 Å². The highest BCUT2D eigenvalue weighted by atomic mass is 32.1. The zero-order valence-corrected chi connectivity index (χ0v) is 14.9. The van der Waals surface area contributed by atoms with Crippen LogP contribution in [-0.4, -0.2) is 11.8 Å². The number of anilines is 2. The number of nitrogens with one attached hydrogen (secondary N) is 1. The molecule has 28 heavy (non-hydrogen) atoms. The van der Waals surface area contributed by atoms with Gasteiger partial charge >= 0.3 is 0 Å². The molecule has 8 heteroatoms. The van der Waals surface area contributed by atoms with Gasteiger partial charge < -0.3 is 5.32 Å². The summed E-state index contributed by atoms with van der Waals surface area (Å²) in [6.45, 7) is 0. The smallest absolute Gasteiger partial charge is 0.282 e. The minimum absolute atomic E-state index is 0.0352. The van der Waals surface area contributed by atoms with Crippen LogP contribution in [0, 0.1) is 17.5 Å².